The number of halogens is 1. The largest absolute Gasteiger partial charge is 0.389 e. The van der Waals surface area contributed by atoms with Crippen molar-refractivity contribution < 1.29 is 0 Å². The summed E-state index contributed by atoms with van der Waals surface area (Å²) in [5.41, 5.74) is 7.41. The molecule has 0 aliphatic carbocycles. The summed E-state index contributed by atoms with van der Waals surface area (Å²) in [5.74, 6) is 0. The maximum absolute atomic E-state index is 6.16. The third-order valence-electron chi connectivity index (χ3n) is 3.58. The van der Waals surface area contributed by atoms with Crippen molar-refractivity contribution in [3.63, 3.8) is 0 Å². The van der Waals surface area contributed by atoms with Crippen LogP contribution in [0, 0.1) is 0 Å². The molecule has 0 aliphatic heterocycles. The van der Waals surface area contributed by atoms with Gasteiger partial charge in [0.25, 0.3) is 0 Å². The second kappa shape index (κ2) is 7.36. The van der Waals surface area contributed by atoms with Crippen LogP contribution in [0.25, 0.3) is 0 Å². The van der Waals surface area contributed by atoms with E-state index in [2.05, 4.69) is 25.4 Å². The summed E-state index contributed by atoms with van der Waals surface area (Å²) >= 11 is 13.1. The van der Waals surface area contributed by atoms with E-state index < -0.39 is 0 Å². The molecule has 0 amide bonds. The molecular weight excluding hydrogens is 296 g/mol. The number of nitrogens with two attached hydrogens (primary N) is 1. The third-order valence-corrected chi connectivity index (χ3v) is 5.69. The van der Waals surface area contributed by atoms with Gasteiger partial charge >= 0.3 is 0 Å². The van der Waals surface area contributed by atoms with Crippen LogP contribution >= 0.6 is 35.6 Å². The fourth-order valence-corrected chi connectivity index (χ4v) is 3.39. The van der Waals surface area contributed by atoms with Crippen molar-refractivity contribution in [2.75, 3.05) is 18.1 Å². The summed E-state index contributed by atoms with van der Waals surface area (Å²) in [4.78, 5) is 0.329. The van der Waals surface area contributed by atoms with Gasteiger partial charge in [0.15, 0.2) is 0 Å². The molecule has 0 unspecified atom stereocenters. The molecular formula is C14H21ClN2S2. The quantitative estimate of drug-likeness (QED) is 0.735. The van der Waals surface area contributed by atoms with Crippen LogP contribution in [0.5, 0.6) is 0 Å². The second-order valence-electron chi connectivity index (χ2n) is 4.47. The van der Waals surface area contributed by atoms with Gasteiger partial charge < -0.3 is 11.1 Å². The summed E-state index contributed by atoms with van der Waals surface area (Å²) in [6.07, 6.45) is 4.38. The molecule has 0 atom stereocenters. The monoisotopic (exact) mass is 316 g/mol. The Hall–Kier alpha value is -0.450. The Morgan fingerprint density at radius 2 is 2.05 bits per heavy atom. The van der Waals surface area contributed by atoms with Crippen LogP contribution in [0.15, 0.2) is 18.2 Å². The van der Waals surface area contributed by atoms with E-state index in [0.717, 1.165) is 30.6 Å². The number of thiocarbonyl (C=S) groups is 1. The molecule has 0 spiro atoms. The van der Waals surface area contributed by atoms with E-state index >= 15 is 0 Å². The van der Waals surface area contributed by atoms with Crippen LogP contribution in [-0.4, -0.2) is 22.5 Å². The Balaban J connectivity index is 2.95. The Morgan fingerprint density at radius 3 is 2.53 bits per heavy atom. The number of rotatable bonds is 7. The molecule has 0 heterocycles. The fraction of sp³-hybridized carbons (Fsp3) is 0.500. The van der Waals surface area contributed by atoms with E-state index in [1.54, 1.807) is 0 Å². The third kappa shape index (κ3) is 4.01. The van der Waals surface area contributed by atoms with Crippen molar-refractivity contribution >= 4 is 46.3 Å². The van der Waals surface area contributed by atoms with Gasteiger partial charge in [-0.25, -0.2) is 0 Å². The van der Waals surface area contributed by atoms with Gasteiger partial charge in [-0.05, 0) is 31.2 Å². The zero-order chi connectivity index (χ0) is 14.5. The molecule has 106 valence electrons. The van der Waals surface area contributed by atoms with Crippen molar-refractivity contribution in [1.82, 2.24) is 0 Å². The van der Waals surface area contributed by atoms with Gasteiger partial charge in [0, 0.05) is 17.0 Å². The van der Waals surface area contributed by atoms with Crippen molar-refractivity contribution in [1.29, 1.82) is 0 Å². The smallest absolute Gasteiger partial charge is 0.107 e. The average molecular weight is 317 g/mol. The predicted octanol–water partition coefficient (Wildman–Crippen LogP) is 4.31. The van der Waals surface area contributed by atoms with Crippen LogP contribution in [0.2, 0.25) is 5.02 Å². The maximum atomic E-state index is 6.16. The van der Waals surface area contributed by atoms with Crippen molar-refractivity contribution in [2.45, 2.75) is 31.4 Å². The zero-order valence-corrected chi connectivity index (χ0v) is 14.0. The molecule has 0 saturated carbocycles. The number of nitrogens with one attached hydrogen (secondary N) is 1. The number of thioether (sulfide) groups is 1. The summed E-state index contributed by atoms with van der Waals surface area (Å²) in [6.45, 7) is 5.30. The molecule has 0 fully saturated rings. The van der Waals surface area contributed by atoms with E-state index in [9.17, 15) is 0 Å². The Kier molecular flexibility index (Phi) is 6.43. The zero-order valence-electron chi connectivity index (χ0n) is 11.6. The maximum Gasteiger partial charge on any atom is 0.107 e. The Labute approximate surface area is 130 Å². The van der Waals surface area contributed by atoms with E-state index in [0.29, 0.717) is 10.0 Å². The van der Waals surface area contributed by atoms with Crippen molar-refractivity contribution in [2.24, 2.45) is 5.73 Å². The first-order valence-corrected chi connectivity index (χ1v) is 8.38. The SMILES string of the molecule is CCC(CC)(CNc1cccc(Cl)c1C(N)=S)SC. The lowest BCUT2D eigenvalue weighted by Crippen LogP contribution is -2.32. The second-order valence-corrected chi connectivity index (χ2v) is 6.60. The van der Waals surface area contributed by atoms with Gasteiger partial charge in [0.05, 0.1) is 10.6 Å². The molecule has 0 radical (unpaired) electrons. The number of benzene rings is 1. The molecule has 19 heavy (non-hydrogen) atoms. The summed E-state index contributed by atoms with van der Waals surface area (Å²) in [6, 6.07) is 5.69. The first kappa shape index (κ1) is 16.6. The minimum Gasteiger partial charge on any atom is -0.389 e. The summed E-state index contributed by atoms with van der Waals surface area (Å²) in [7, 11) is 0. The van der Waals surface area contributed by atoms with Crippen LogP contribution < -0.4 is 11.1 Å². The molecule has 5 heteroatoms. The average Bonchev–Trinajstić information content (AvgIpc) is 2.40. The van der Waals surface area contributed by atoms with Crippen LogP contribution in [-0.2, 0) is 0 Å². The lowest BCUT2D eigenvalue weighted by Gasteiger charge is -2.30. The highest BCUT2D eigenvalue weighted by Crippen LogP contribution is 2.32. The Bertz CT molecular complexity index is 437. The number of anilines is 1. The minimum atomic E-state index is 0.232. The molecule has 0 saturated heterocycles. The van der Waals surface area contributed by atoms with Gasteiger partial charge in [-0.3, -0.25) is 0 Å². The predicted molar refractivity (Wildman–Crippen MR) is 92.7 cm³/mol. The van der Waals surface area contributed by atoms with Crippen molar-refractivity contribution in [3.05, 3.63) is 28.8 Å². The van der Waals surface area contributed by atoms with E-state index in [4.69, 9.17) is 29.6 Å². The number of hydrogen-bond donors (Lipinski definition) is 2. The summed E-state index contributed by atoms with van der Waals surface area (Å²) < 4.78 is 0.232. The van der Waals surface area contributed by atoms with E-state index in [1.165, 1.54) is 0 Å². The van der Waals surface area contributed by atoms with Gasteiger partial charge in [0.2, 0.25) is 0 Å². The van der Waals surface area contributed by atoms with Gasteiger partial charge in [-0.1, -0.05) is 43.7 Å². The fourth-order valence-electron chi connectivity index (χ4n) is 2.04. The highest BCUT2D eigenvalue weighted by atomic mass is 35.5. The van der Waals surface area contributed by atoms with E-state index in [1.807, 2.05) is 30.0 Å². The molecule has 0 bridgehead atoms. The molecule has 0 aromatic heterocycles. The van der Waals surface area contributed by atoms with Crippen LogP contribution in [0.4, 0.5) is 5.69 Å². The Morgan fingerprint density at radius 1 is 1.42 bits per heavy atom. The molecule has 0 aliphatic rings. The lowest BCUT2D eigenvalue weighted by atomic mass is 10.0. The van der Waals surface area contributed by atoms with Gasteiger partial charge in [-0.2, -0.15) is 11.8 Å². The van der Waals surface area contributed by atoms with Gasteiger partial charge in [0.1, 0.15) is 4.99 Å². The molecule has 3 N–H and O–H groups in total. The highest BCUT2D eigenvalue weighted by molar-refractivity contribution is 8.00. The van der Waals surface area contributed by atoms with Crippen LogP contribution in [0.1, 0.15) is 32.3 Å². The first-order chi connectivity index (χ1) is 8.99. The topological polar surface area (TPSA) is 38.0 Å². The first-order valence-electron chi connectivity index (χ1n) is 6.37. The minimum absolute atomic E-state index is 0.232. The molecule has 1 aromatic rings. The lowest BCUT2D eigenvalue weighted by molar-refractivity contribution is 0.575. The van der Waals surface area contributed by atoms with E-state index in [-0.39, 0.29) is 4.75 Å². The summed E-state index contributed by atoms with van der Waals surface area (Å²) in [5, 5.41) is 4.05. The number of hydrogen-bond acceptors (Lipinski definition) is 3. The highest BCUT2D eigenvalue weighted by Gasteiger charge is 2.25. The van der Waals surface area contributed by atoms with Crippen molar-refractivity contribution in [3.8, 4) is 0 Å². The standard InChI is InChI=1S/C14H21ClN2S2/c1-4-14(5-2,19-3)9-17-11-8-6-7-10(15)12(11)13(16)18/h6-8,17H,4-5,9H2,1-3H3,(H2,16,18). The van der Waals surface area contributed by atoms with Gasteiger partial charge in [-0.15, -0.1) is 0 Å². The molecule has 1 aromatic carbocycles. The molecule has 2 nitrogen and oxygen atoms in total. The molecule has 1 rings (SSSR count). The normalized spacial score (nSPS) is 11.4. The van der Waals surface area contributed by atoms with Crippen LogP contribution in [0.3, 0.4) is 0 Å².